The fourth-order valence-corrected chi connectivity index (χ4v) is 5.41. The van der Waals surface area contributed by atoms with Gasteiger partial charge in [0, 0.05) is 37.1 Å². The van der Waals surface area contributed by atoms with Gasteiger partial charge in [0.2, 0.25) is 5.95 Å². The van der Waals surface area contributed by atoms with Crippen molar-refractivity contribution in [2.75, 3.05) is 37.7 Å². The summed E-state index contributed by atoms with van der Waals surface area (Å²) in [7, 11) is 0. The van der Waals surface area contributed by atoms with Gasteiger partial charge in [-0.2, -0.15) is 0 Å². The molecule has 2 fully saturated rings. The van der Waals surface area contributed by atoms with Crippen LogP contribution in [0.15, 0.2) is 24.4 Å². The summed E-state index contributed by atoms with van der Waals surface area (Å²) in [5.74, 6) is 2.05. The molecule has 3 aliphatic rings. The molecule has 184 valence electrons. The number of ether oxygens (including phenoxy) is 1. The van der Waals surface area contributed by atoms with Crippen LogP contribution in [0.4, 0.5) is 14.7 Å². The smallest absolute Gasteiger partial charge is 0.225 e. The van der Waals surface area contributed by atoms with Crippen LogP contribution in [0.2, 0.25) is 5.02 Å². The molecule has 11 heteroatoms. The number of fused-ring (bicyclic) bond motifs is 3. The first kappa shape index (κ1) is 22.8. The lowest BCUT2D eigenvalue weighted by Gasteiger charge is -2.37. The third kappa shape index (κ3) is 4.28. The van der Waals surface area contributed by atoms with E-state index in [1.54, 1.807) is 6.92 Å². The molecule has 6 rings (SSSR count). The zero-order chi connectivity index (χ0) is 24.2. The minimum Gasteiger partial charge on any atom is -0.375 e. The molecule has 1 aromatic carbocycles. The van der Waals surface area contributed by atoms with Gasteiger partial charge in [0.05, 0.1) is 37.3 Å². The van der Waals surface area contributed by atoms with Crippen molar-refractivity contribution in [1.29, 1.82) is 0 Å². The molecular formula is C24H26ClF2N7O. The van der Waals surface area contributed by atoms with Crippen molar-refractivity contribution in [3.05, 3.63) is 58.1 Å². The fourth-order valence-electron chi connectivity index (χ4n) is 5.21. The predicted octanol–water partition coefficient (Wildman–Crippen LogP) is 3.60. The number of benzene rings is 1. The third-order valence-corrected chi connectivity index (χ3v) is 7.31. The van der Waals surface area contributed by atoms with Crippen LogP contribution < -0.4 is 4.90 Å². The number of aryl methyl sites for hydroxylation is 1. The standard InChI is InChI=1S/C24H26ClF2N7O/c1-15-19(26)9-28-23(29-15)33-6-4-16(5-7-33)22-31-30-21-11-32(12-24(27)13-35-14-24)10-17-8-18(25)2-3-20(17)34(21)22/h2-3,8-9,16H,4-7,10-14H2,1H3. The summed E-state index contributed by atoms with van der Waals surface area (Å²) >= 11 is 6.34. The van der Waals surface area contributed by atoms with E-state index in [1.807, 2.05) is 18.2 Å². The Morgan fingerprint density at radius 1 is 1.17 bits per heavy atom. The number of hydrogen-bond acceptors (Lipinski definition) is 7. The Morgan fingerprint density at radius 3 is 2.69 bits per heavy atom. The molecule has 5 heterocycles. The first-order valence-corrected chi connectivity index (χ1v) is 12.2. The van der Waals surface area contributed by atoms with E-state index in [1.165, 1.54) is 6.20 Å². The number of halogens is 3. The van der Waals surface area contributed by atoms with E-state index in [4.69, 9.17) is 16.3 Å². The highest BCUT2D eigenvalue weighted by Gasteiger charge is 2.41. The topological polar surface area (TPSA) is 72.2 Å². The minimum absolute atomic E-state index is 0.125. The predicted molar refractivity (Wildman–Crippen MR) is 126 cm³/mol. The maximum atomic E-state index is 14.9. The molecule has 8 nitrogen and oxygen atoms in total. The Morgan fingerprint density at radius 2 is 1.97 bits per heavy atom. The van der Waals surface area contributed by atoms with E-state index in [2.05, 4.69) is 34.5 Å². The van der Waals surface area contributed by atoms with Gasteiger partial charge in [0.25, 0.3) is 0 Å². The van der Waals surface area contributed by atoms with Crippen molar-refractivity contribution in [2.24, 2.45) is 0 Å². The van der Waals surface area contributed by atoms with Gasteiger partial charge in [0.15, 0.2) is 17.3 Å². The lowest BCUT2D eigenvalue weighted by Crippen LogP contribution is -2.53. The summed E-state index contributed by atoms with van der Waals surface area (Å²) in [5.41, 5.74) is 1.03. The number of anilines is 1. The van der Waals surface area contributed by atoms with E-state index in [9.17, 15) is 8.78 Å². The zero-order valence-corrected chi connectivity index (χ0v) is 20.2. The number of piperidine rings is 1. The van der Waals surface area contributed by atoms with E-state index in [0.717, 1.165) is 48.8 Å². The number of hydrogen-bond donors (Lipinski definition) is 0. The van der Waals surface area contributed by atoms with Crippen LogP contribution in [-0.2, 0) is 17.8 Å². The molecule has 0 radical (unpaired) electrons. The zero-order valence-electron chi connectivity index (χ0n) is 19.4. The Labute approximate surface area is 206 Å². The second kappa shape index (κ2) is 8.76. The quantitative estimate of drug-likeness (QED) is 0.541. The highest BCUT2D eigenvalue weighted by atomic mass is 35.5. The normalized spacial score (nSPS) is 20.2. The molecule has 0 unspecified atom stereocenters. The average Bonchev–Trinajstić information content (AvgIpc) is 3.16. The number of nitrogens with zero attached hydrogens (tertiary/aromatic N) is 7. The number of alkyl halides is 1. The molecule has 35 heavy (non-hydrogen) atoms. The van der Waals surface area contributed by atoms with Crippen molar-refractivity contribution < 1.29 is 13.5 Å². The second-order valence-corrected chi connectivity index (χ2v) is 10.2. The van der Waals surface area contributed by atoms with Crippen LogP contribution in [0.3, 0.4) is 0 Å². The molecule has 0 spiro atoms. The lowest BCUT2D eigenvalue weighted by atomic mass is 9.95. The van der Waals surface area contributed by atoms with Gasteiger partial charge in [-0.25, -0.2) is 18.7 Å². The molecule has 0 bridgehead atoms. The summed E-state index contributed by atoms with van der Waals surface area (Å²) < 4.78 is 35.7. The Bertz CT molecular complexity index is 1260. The average molecular weight is 502 g/mol. The number of rotatable bonds is 4. The Hall–Kier alpha value is -2.69. The number of aromatic nitrogens is 5. The van der Waals surface area contributed by atoms with Crippen LogP contribution in [0.1, 0.15) is 41.7 Å². The molecule has 2 saturated heterocycles. The van der Waals surface area contributed by atoms with Gasteiger partial charge >= 0.3 is 0 Å². The van der Waals surface area contributed by atoms with Crippen LogP contribution >= 0.6 is 11.6 Å². The largest absolute Gasteiger partial charge is 0.375 e. The molecule has 3 aliphatic heterocycles. The molecule has 2 aromatic heterocycles. The first-order chi connectivity index (χ1) is 16.9. The molecule has 0 N–H and O–H groups in total. The lowest BCUT2D eigenvalue weighted by molar-refractivity contribution is -0.142. The highest BCUT2D eigenvalue weighted by molar-refractivity contribution is 6.30. The van der Waals surface area contributed by atoms with E-state index in [-0.39, 0.29) is 25.7 Å². The van der Waals surface area contributed by atoms with Crippen LogP contribution in [0.25, 0.3) is 5.69 Å². The monoisotopic (exact) mass is 501 g/mol. The summed E-state index contributed by atoms with van der Waals surface area (Å²) in [6.45, 7) is 4.71. The highest BCUT2D eigenvalue weighted by Crippen LogP contribution is 2.35. The van der Waals surface area contributed by atoms with Gasteiger partial charge < -0.3 is 9.64 Å². The summed E-state index contributed by atoms with van der Waals surface area (Å²) in [4.78, 5) is 12.6. The molecule has 3 aromatic rings. The summed E-state index contributed by atoms with van der Waals surface area (Å²) in [5, 5.41) is 9.79. The summed E-state index contributed by atoms with van der Waals surface area (Å²) in [6, 6.07) is 5.82. The molecule has 0 saturated carbocycles. The van der Waals surface area contributed by atoms with Crippen LogP contribution in [0, 0.1) is 12.7 Å². The van der Waals surface area contributed by atoms with E-state index < -0.39 is 11.5 Å². The minimum atomic E-state index is -1.33. The molecular weight excluding hydrogens is 476 g/mol. The van der Waals surface area contributed by atoms with Gasteiger partial charge in [-0.1, -0.05) is 11.6 Å². The maximum Gasteiger partial charge on any atom is 0.225 e. The fraction of sp³-hybridized carbons (Fsp3) is 0.500. The molecule has 0 amide bonds. The Kier molecular flexibility index (Phi) is 5.69. The van der Waals surface area contributed by atoms with Gasteiger partial charge in [0.1, 0.15) is 5.82 Å². The Balaban J connectivity index is 1.27. The van der Waals surface area contributed by atoms with Crippen molar-refractivity contribution in [2.45, 2.75) is 44.4 Å². The van der Waals surface area contributed by atoms with Crippen molar-refractivity contribution >= 4 is 17.5 Å². The van der Waals surface area contributed by atoms with Gasteiger partial charge in [-0.15, -0.1) is 10.2 Å². The third-order valence-electron chi connectivity index (χ3n) is 7.07. The van der Waals surface area contributed by atoms with Crippen molar-refractivity contribution in [1.82, 2.24) is 29.6 Å². The second-order valence-electron chi connectivity index (χ2n) is 9.74. The van der Waals surface area contributed by atoms with Gasteiger partial charge in [-0.3, -0.25) is 9.47 Å². The van der Waals surface area contributed by atoms with Crippen LogP contribution in [-0.4, -0.2) is 68.1 Å². The summed E-state index contributed by atoms with van der Waals surface area (Å²) in [6.07, 6.45) is 2.91. The van der Waals surface area contributed by atoms with Crippen molar-refractivity contribution in [3.8, 4) is 5.69 Å². The van der Waals surface area contributed by atoms with Gasteiger partial charge in [-0.05, 0) is 43.5 Å². The van der Waals surface area contributed by atoms with Crippen LogP contribution in [0.5, 0.6) is 0 Å². The molecule has 0 aliphatic carbocycles. The van der Waals surface area contributed by atoms with Crippen molar-refractivity contribution in [3.63, 3.8) is 0 Å². The maximum absolute atomic E-state index is 14.9. The van der Waals surface area contributed by atoms with E-state index >= 15 is 0 Å². The SMILES string of the molecule is Cc1nc(N2CCC(c3nnc4n3-c3ccc(Cl)cc3CN(CC3(F)COC3)C4)CC2)ncc1F. The van der Waals surface area contributed by atoms with E-state index in [0.29, 0.717) is 29.8 Å². The molecule has 0 atom stereocenters. The first-order valence-electron chi connectivity index (χ1n) is 11.8.